The monoisotopic (exact) mass is 261 g/mol. The molecule has 0 saturated carbocycles. The highest BCUT2D eigenvalue weighted by Crippen LogP contribution is 2.23. The number of nitrogens with one attached hydrogen (secondary N) is 1. The Hall–Kier alpha value is -1.33. The Morgan fingerprint density at radius 1 is 1.47 bits per heavy atom. The predicted molar refractivity (Wildman–Crippen MR) is 61.8 cm³/mol. The predicted octanol–water partition coefficient (Wildman–Crippen LogP) is 2.34. The third-order valence-electron chi connectivity index (χ3n) is 1.97. The number of ether oxygens (including phenoxy) is 1. The summed E-state index contributed by atoms with van der Waals surface area (Å²) in [4.78, 5) is 11.2. The molecule has 4 nitrogen and oxygen atoms in total. The lowest BCUT2D eigenvalue weighted by Gasteiger charge is -2.07. The smallest absolute Gasteiger partial charge is 0.407 e. The van der Waals surface area contributed by atoms with Gasteiger partial charge in [-0.3, -0.25) is 0 Å². The van der Waals surface area contributed by atoms with Crippen LogP contribution in [0.3, 0.4) is 0 Å². The molecule has 1 amide bonds. The van der Waals surface area contributed by atoms with E-state index in [-0.39, 0.29) is 17.4 Å². The molecule has 0 aliphatic carbocycles. The number of amides is 1. The molecule has 0 saturated heterocycles. The van der Waals surface area contributed by atoms with E-state index in [1.807, 2.05) is 0 Å². The number of rotatable bonds is 5. The van der Waals surface area contributed by atoms with Gasteiger partial charge < -0.3 is 15.2 Å². The van der Waals surface area contributed by atoms with Crippen molar-refractivity contribution in [2.75, 3.05) is 13.2 Å². The van der Waals surface area contributed by atoms with Gasteiger partial charge in [-0.15, -0.1) is 0 Å². The zero-order valence-corrected chi connectivity index (χ0v) is 9.84. The van der Waals surface area contributed by atoms with Gasteiger partial charge in [-0.1, -0.05) is 17.7 Å². The quantitative estimate of drug-likeness (QED) is 0.800. The summed E-state index contributed by atoms with van der Waals surface area (Å²) in [5.41, 5.74) is 0. The molecular formula is C11H13ClFNO3. The van der Waals surface area contributed by atoms with E-state index in [1.54, 1.807) is 0 Å². The van der Waals surface area contributed by atoms with E-state index < -0.39 is 11.9 Å². The number of aliphatic hydroxyl groups excluding tert-OH is 1. The van der Waals surface area contributed by atoms with Crippen LogP contribution in [0.25, 0.3) is 0 Å². The number of unbranched alkanes of at least 4 members (excludes halogenated alkanes) is 1. The molecule has 0 aliphatic heterocycles. The first kappa shape index (κ1) is 13.7. The van der Waals surface area contributed by atoms with Crippen LogP contribution in [0.1, 0.15) is 12.8 Å². The fourth-order valence-electron chi connectivity index (χ4n) is 1.13. The van der Waals surface area contributed by atoms with E-state index >= 15 is 0 Å². The van der Waals surface area contributed by atoms with Crippen LogP contribution in [-0.4, -0.2) is 24.4 Å². The molecule has 0 atom stereocenters. The van der Waals surface area contributed by atoms with Gasteiger partial charge in [0.05, 0.1) is 5.02 Å². The largest absolute Gasteiger partial charge is 0.412 e. The van der Waals surface area contributed by atoms with Crippen molar-refractivity contribution in [1.29, 1.82) is 0 Å². The van der Waals surface area contributed by atoms with Gasteiger partial charge in [0.1, 0.15) is 0 Å². The maximum atomic E-state index is 13.3. The molecule has 2 N–H and O–H groups in total. The number of benzene rings is 1. The van der Waals surface area contributed by atoms with Gasteiger partial charge in [0.2, 0.25) is 0 Å². The third-order valence-corrected chi connectivity index (χ3v) is 2.26. The van der Waals surface area contributed by atoms with Gasteiger partial charge in [-0.2, -0.15) is 0 Å². The van der Waals surface area contributed by atoms with Gasteiger partial charge in [-0.05, 0) is 25.0 Å². The molecule has 6 heteroatoms. The van der Waals surface area contributed by atoms with Crippen molar-refractivity contribution in [2.45, 2.75) is 12.8 Å². The lowest BCUT2D eigenvalue weighted by molar-refractivity contribution is 0.197. The second kappa shape index (κ2) is 7.09. The van der Waals surface area contributed by atoms with Crippen LogP contribution in [0.2, 0.25) is 5.02 Å². The van der Waals surface area contributed by atoms with Crippen LogP contribution in [0.15, 0.2) is 18.2 Å². The van der Waals surface area contributed by atoms with Crippen LogP contribution in [0.5, 0.6) is 5.75 Å². The SMILES string of the molecule is O=C(NCCCCO)Oc1cccc(Cl)c1F. The zero-order valence-electron chi connectivity index (χ0n) is 9.08. The minimum atomic E-state index is -0.764. The van der Waals surface area contributed by atoms with Crippen molar-refractivity contribution in [3.05, 3.63) is 29.0 Å². The van der Waals surface area contributed by atoms with E-state index in [0.717, 1.165) is 0 Å². The molecule has 0 spiro atoms. The van der Waals surface area contributed by atoms with Gasteiger partial charge in [0.25, 0.3) is 0 Å². The lowest BCUT2D eigenvalue weighted by Crippen LogP contribution is -2.28. The number of carbonyl (C=O) groups is 1. The summed E-state index contributed by atoms with van der Waals surface area (Å²) in [6, 6.07) is 4.16. The van der Waals surface area contributed by atoms with Crippen LogP contribution in [0, 0.1) is 5.82 Å². The van der Waals surface area contributed by atoms with Crippen LogP contribution < -0.4 is 10.1 Å². The van der Waals surface area contributed by atoms with Crippen molar-refractivity contribution in [3.63, 3.8) is 0 Å². The highest BCUT2D eigenvalue weighted by atomic mass is 35.5. The Balaban J connectivity index is 2.43. The van der Waals surface area contributed by atoms with Crippen molar-refractivity contribution >= 4 is 17.7 Å². The first-order valence-corrected chi connectivity index (χ1v) is 5.53. The Kier molecular flexibility index (Phi) is 5.72. The Labute approximate surface area is 103 Å². The van der Waals surface area contributed by atoms with E-state index in [2.05, 4.69) is 5.32 Å². The second-order valence-corrected chi connectivity index (χ2v) is 3.71. The van der Waals surface area contributed by atoms with Crippen molar-refractivity contribution in [1.82, 2.24) is 5.32 Å². The van der Waals surface area contributed by atoms with Gasteiger partial charge >= 0.3 is 6.09 Å². The zero-order chi connectivity index (χ0) is 12.7. The third kappa shape index (κ3) is 4.58. The van der Waals surface area contributed by atoms with Crippen molar-refractivity contribution in [3.8, 4) is 5.75 Å². The Morgan fingerprint density at radius 3 is 2.94 bits per heavy atom. The lowest BCUT2D eigenvalue weighted by atomic mass is 10.3. The van der Waals surface area contributed by atoms with Gasteiger partial charge in [0, 0.05) is 13.2 Å². The van der Waals surface area contributed by atoms with Crippen LogP contribution >= 0.6 is 11.6 Å². The maximum Gasteiger partial charge on any atom is 0.412 e. The normalized spacial score (nSPS) is 10.1. The minimum Gasteiger partial charge on any atom is -0.407 e. The molecule has 0 aliphatic rings. The molecule has 1 aromatic rings. The highest BCUT2D eigenvalue weighted by Gasteiger charge is 2.11. The first-order chi connectivity index (χ1) is 8.15. The summed E-state index contributed by atoms with van der Waals surface area (Å²) in [5.74, 6) is -0.975. The number of halogens is 2. The van der Waals surface area contributed by atoms with E-state index in [1.165, 1.54) is 18.2 Å². The number of carbonyl (C=O) groups excluding carboxylic acids is 1. The van der Waals surface area contributed by atoms with Gasteiger partial charge in [-0.25, -0.2) is 9.18 Å². The van der Waals surface area contributed by atoms with Crippen molar-refractivity contribution < 1.29 is 19.0 Å². The Morgan fingerprint density at radius 2 is 2.24 bits per heavy atom. The number of aliphatic hydroxyl groups is 1. The standard InChI is InChI=1S/C11H13ClFNO3/c12-8-4-3-5-9(10(8)13)17-11(16)14-6-1-2-7-15/h3-5,15H,1-2,6-7H2,(H,14,16). The summed E-state index contributed by atoms with van der Waals surface area (Å²) in [6.45, 7) is 0.432. The summed E-state index contributed by atoms with van der Waals surface area (Å²) in [5, 5.41) is 10.9. The highest BCUT2D eigenvalue weighted by molar-refractivity contribution is 6.30. The van der Waals surface area contributed by atoms with Crippen LogP contribution in [0.4, 0.5) is 9.18 Å². The molecule has 0 bridgehead atoms. The summed E-state index contributed by atoms with van der Waals surface area (Å²) in [7, 11) is 0. The number of hydrogen-bond donors (Lipinski definition) is 2. The van der Waals surface area contributed by atoms with Crippen molar-refractivity contribution in [2.24, 2.45) is 0 Å². The van der Waals surface area contributed by atoms with E-state index in [9.17, 15) is 9.18 Å². The molecule has 94 valence electrons. The molecule has 0 aromatic heterocycles. The average Bonchev–Trinajstić information content (AvgIpc) is 2.31. The number of hydrogen-bond acceptors (Lipinski definition) is 3. The average molecular weight is 262 g/mol. The first-order valence-electron chi connectivity index (χ1n) is 5.15. The van der Waals surface area contributed by atoms with E-state index in [4.69, 9.17) is 21.4 Å². The molecule has 0 fully saturated rings. The maximum absolute atomic E-state index is 13.3. The summed E-state index contributed by atoms with van der Waals surface area (Å²) < 4.78 is 18.1. The molecule has 17 heavy (non-hydrogen) atoms. The molecular weight excluding hydrogens is 249 g/mol. The fourth-order valence-corrected chi connectivity index (χ4v) is 1.29. The molecule has 1 rings (SSSR count). The molecule has 0 radical (unpaired) electrons. The topological polar surface area (TPSA) is 58.6 Å². The summed E-state index contributed by atoms with van der Waals surface area (Å²) in [6.07, 6.45) is 0.471. The Bertz CT molecular complexity index is 387. The van der Waals surface area contributed by atoms with Crippen LogP contribution in [-0.2, 0) is 0 Å². The molecule has 0 heterocycles. The second-order valence-electron chi connectivity index (χ2n) is 3.30. The minimum absolute atomic E-state index is 0.0691. The van der Waals surface area contributed by atoms with Gasteiger partial charge in [0.15, 0.2) is 11.6 Å². The molecule has 1 aromatic carbocycles. The molecule has 0 unspecified atom stereocenters. The fraction of sp³-hybridized carbons (Fsp3) is 0.364. The summed E-state index contributed by atoms with van der Waals surface area (Å²) >= 11 is 5.53. The van der Waals surface area contributed by atoms with E-state index in [0.29, 0.717) is 19.4 Å².